The van der Waals surface area contributed by atoms with Crippen molar-refractivity contribution in [3.63, 3.8) is 0 Å². The van der Waals surface area contributed by atoms with Crippen LogP contribution in [0, 0.1) is 11.8 Å². The van der Waals surface area contributed by atoms with Gasteiger partial charge in [0.1, 0.15) is 6.04 Å². The van der Waals surface area contributed by atoms with Gasteiger partial charge in [0, 0.05) is 12.3 Å². The molecule has 6 heteroatoms. The maximum Gasteiger partial charge on any atom is 0.326 e. The van der Waals surface area contributed by atoms with Crippen LogP contribution >= 0.6 is 0 Å². The van der Waals surface area contributed by atoms with Gasteiger partial charge in [-0.05, 0) is 18.8 Å². The van der Waals surface area contributed by atoms with Gasteiger partial charge < -0.3 is 15.5 Å². The Bertz CT molecular complexity index is 451. The summed E-state index contributed by atoms with van der Waals surface area (Å²) in [6.45, 7) is 6.34. The van der Waals surface area contributed by atoms with Crippen LogP contribution in [0.1, 0.15) is 112 Å². The Kier molecular flexibility index (Phi) is 18.8. The van der Waals surface area contributed by atoms with Crippen LogP contribution in [0.2, 0.25) is 0 Å². The second-order valence-electron chi connectivity index (χ2n) is 8.39. The molecule has 0 saturated carbocycles. The summed E-state index contributed by atoms with van der Waals surface area (Å²) in [6, 6.07) is -1.13. The first-order valence-electron chi connectivity index (χ1n) is 11.0. The molecule has 3 N–H and O–H groups in total. The molecule has 0 fully saturated rings. The second kappa shape index (κ2) is 18.4. The lowest BCUT2D eigenvalue weighted by molar-refractivity contribution is -0.143. The summed E-state index contributed by atoms with van der Waals surface area (Å²) in [5.41, 5.74) is 0. The number of hydrogen-bond acceptors (Lipinski definition) is 3. The molecular weight excluding hydrogens is 370 g/mol. The molecule has 0 radical (unpaired) electrons. The summed E-state index contributed by atoms with van der Waals surface area (Å²) < 4.78 is 0. The standard InChI is InChI=1S/C22H41NO5.CH4/c1-17(2)13-11-9-7-5-4-6-8-10-12-14-18(3)21(26)23-19(22(27)28)15-16-20(24)25;/h17-19H,4-16H2,1-3H3,(H,23,26)(H,24,25)(H,27,28);1H4/t18-,19?;/m1./s1. The van der Waals surface area contributed by atoms with Crippen molar-refractivity contribution in [2.75, 3.05) is 0 Å². The Hall–Kier alpha value is -1.59. The predicted octanol–water partition coefficient (Wildman–Crippen LogP) is 5.64. The Morgan fingerprint density at radius 1 is 0.724 bits per heavy atom. The van der Waals surface area contributed by atoms with Gasteiger partial charge in [-0.25, -0.2) is 4.79 Å². The van der Waals surface area contributed by atoms with Crippen LogP contribution in [-0.2, 0) is 14.4 Å². The number of amides is 1. The fraction of sp³-hybridized carbons (Fsp3) is 0.870. The minimum atomic E-state index is -1.19. The van der Waals surface area contributed by atoms with E-state index < -0.39 is 18.0 Å². The molecule has 0 aromatic carbocycles. The minimum absolute atomic E-state index is 0. The van der Waals surface area contributed by atoms with Crippen molar-refractivity contribution in [2.24, 2.45) is 11.8 Å². The predicted molar refractivity (Wildman–Crippen MR) is 118 cm³/mol. The zero-order valence-electron chi connectivity index (χ0n) is 18.0. The monoisotopic (exact) mass is 415 g/mol. The minimum Gasteiger partial charge on any atom is -0.481 e. The molecule has 29 heavy (non-hydrogen) atoms. The van der Waals surface area contributed by atoms with E-state index in [1.807, 2.05) is 0 Å². The fourth-order valence-electron chi connectivity index (χ4n) is 3.21. The van der Waals surface area contributed by atoms with E-state index in [2.05, 4.69) is 19.2 Å². The molecule has 0 aliphatic rings. The van der Waals surface area contributed by atoms with Crippen LogP contribution in [0.5, 0.6) is 0 Å². The molecule has 0 rings (SSSR count). The number of rotatable bonds is 18. The van der Waals surface area contributed by atoms with Gasteiger partial charge in [0.25, 0.3) is 0 Å². The smallest absolute Gasteiger partial charge is 0.326 e. The first-order valence-corrected chi connectivity index (χ1v) is 11.0. The van der Waals surface area contributed by atoms with Gasteiger partial charge in [-0.1, -0.05) is 92.4 Å². The number of carboxylic acids is 2. The van der Waals surface area contributed by atoms with Crippen LogP contribution in [0.25, 0.3) is 0 Å². The van der Waals surface area contributed by atoms with Crippen LogP contribution in [-0.4, -0.2) is 34.1 Å². The highest BCUT2D eigenvalue weighted by atomic mass is 16.4. The molecular formula is C23H45NO5. The van der Waals surface area contributed by atoms with Crippen LogP contribution in [0.4, 0.5) is 0 Å². The third kappa shape index (κ3) is 18.2. The summed E-state index contributed by atoms with van der Waals surface area (Å²) in [6.07, 6.45) is 12.8. The Morgan fingerprint density at radius 2 is 1.17 bits per heavy atom. The Morgan fingerprint density at radius 3 is 1.59 bits per heavy atom. The Labute approximate surface area is 177 Å². The van der Waals surface area contributed by atoms with E-state index in [9.17, 15) is 14.4 Å². The fourth-order valence-corrected chi connectivity index (χ4v) is 3.21. The molecule has 0 aliphatic carbocycles. The summed E-state index contributed by atoms with van der Waals surface area (Å²) >= 11 is 0. The number of aliphatic carboxylic acids is 2. The van der Waals surface area contributed by atoms with E-state index in [4.69, 9.17) is 10.2 Å². The van der Waals surface area contributed by atoms with Gasteiger partial charge >= 0.3 is 11.9 Å². The highest BCUT2D eigenvalue weighted by Gasteiger charge is 2.23. The number of carbonyl (C=O) groups excluding carboxylic acids is 1. The molecule has 1 unspecified atom stereocenters. The quantitative estimate of drug-likeness (QED) is 0.251. The van der Waals surface area contributed by atoms with Crippen LogP contribution in [0.15, 0.2) is 0 Å². The van der Waals surface area contributed by atoms with Crippen molar-refractivity contribution in [3.8, 4) is 0 Å². The van der Waals surface area contributed by atoms with Gasteiger partial charge in [-0.15, -0.1) is 0 Å². The van der Waals surface area contributed by atoms with Crippen molar-refractivity contribution in [1.82, 2.24) is 5.32 Å². The highest BCUT2D eigenvalue weighted by molar-refractivity contribution is 5.85. The molecule has 0 heterocycles. The lowest BCUT2D eigenvalue weighted by Crippen LogP contribution is -2.43. The number of carboxylic acid groups (broad SMARTS) is 2. The van der Waals surface area contributed by atoms with Crippen molar-refractivity contribution in [3.05, 3.63) is 0 Å². The molecule has 6 nitrogen and oxygen atoms in total. The summed E-state index contributed by atoms with van der Waals surface area (Å²) in [7, 11) is 0. The maximum absolute atomic E-state index is 12.1. The third-order valence-electron chi connectivity index (χ3n) is 5.13. The lowest BCUT2D eigenvalue weighted by atomic mass is 9.99. The average molecular weight is 416 g/mol. The first-order chi connectivity index (χ1) is 13.2. The summed E-state index contributed by atoms with van der Waals surface area (Å²) in [5.74, 6) is -2.01. The van der Waals surface area contributed by atoms with Crippen LogP contribution < -0.4 is 5.32 Å². The number of hydrogen-bond donors (Lipinski definition) is 3. The van der Waals surface area contributed by atoms with Gasteiger partial charge in [0.15, 0.2) is 0 Å². The van der Waals surface area contributed by atoms with Gasteiger partial charge in [0.2, 0.25) is 5.91 Å². The molecule has 172 valence electrons. The number of unbranched alkanes of at least 4 members (excludes halogenated alkanes) is 8. The third-order valence-corrected chi connectivity index (χ3v) is 5.13. The van der Waals surface area contributed by atoms with Crippen molar-refractivity contribution in [1.29, 1.82) is 0 Å². The molecule has 0 saturated heterocycles. The average Bonchev–Trinajstić information content (AvgIpc) is 2.61. The maximum atomic E-state index is 12.1. The van der Waals surface area contributed by atoms with E-state index in [-0.39, 0.29) is 32.1 Å². The van der Waals surface area contributed by atoms with E-state index in [0.29, 0.717) is 0 Å². The van der Waals surface area contributed by atoms with Gasteiger partial charge in [0.05, 0.1) is 0 Å². The lowest BCUT2D eigenvalue weighted by Gasteiger charge is -2.17. The van der Waals surface area contributed by atoms with E-state index in [1.165, 1.54) is 51.4 Å². The second-order valence-corrected chi connectivity index (χ2v) is 8.39. The summed E-state index contributed by atoms with van der Waals surface area (Å²) in [4.78, 5) is 33.8. The molecule has 0 aromatic rings. The number of nitrogens with one attached hydrogen (secondary N) is 1. The zero-order chi connectivity index (χ0) is 21.4. The Balaban J connectivity index is 0. The summed E-state index contributed by atoms with van der Waals surface area (Å²) in [5, 5.41) is 20.2. The molecule has 0 spiro atoms. The molecule has 0 aromatic heterocycles. The van der Waals surface area contributed by atoms with E-state index in [0.717, 1.165) is 25.2 Å². The van der Waals surface area contributed by atoms with Crippen molar-refractivity contribution >= 4 is 17.8 Å². The molecule has 0 bridgehead atoms. The largest absolute Gasteiger partial charge is 0.481 e. The number of carbonyl (C=O) groups is 3. The van der Waals surface area contributed by atoms with E-state index >= 15 is 0 Å². The normalized spacial score (nSPS) is 12.8. The highest BCUT2D eigenvalue weighted by Crippen LogP contribution is 2.15. The van der Waals surface area contributed by atoms with Gasteiger partial charge in [-0.2, -0.15) is 0 Å². The van der Waals surface area contributed by atoms with Crippen LogP contribution in [0.3, 0.4) is 0 Å². The van der Waals surface area contributed by atoms with Crippen molar-refractivity contribution < 1.29 is 24.6 Å². The first kappa shape index (κ1) is 29.6. The topological polar surface area (TPSA) is 104 Å². The molecule has 0 aliphatic heterocycles. The zero-order valence-corrected chi connectivity index (χ0v) is 18.0. The molecule has 1 amide bonds. The van der Waals surface area contributed by atoms with E-state index in [1.54, 1.807) is 6.92 Å². The molecule has 2 atom stereocenters. The van der Waals surface area contributed by atoms with Gasteiger partial charge in [-0.3, -0.25) is 9.59 Å². The van der Waals surface area contributed by atoms with Crippen molar-refractivity contribution in [2.45, 2.75) is 118 Å². The SMILES string of the molecule is C.CC(C)CCCCCCCCCCC[C@@H](C)C(=O)NC(CCC(=O)O)C(=O)O.